The summed E-state index contributed by atoms with van der Waals surface area (Å²) in [4.78, 5) is 22.6. The fourth-order valence-electron chi connectivity index (χ4n) is 2.60. The van der Waals surface area contributed by atoms with Gasteiger partial charge in [0.05, 0.1) is 0 Å². The number of nitrogens with one attached hydrogen (secondary N) is 1. The van der Waals surface area contributed by atoms with Gasteiger partial charge in [0.1, 0.15) is 0 Å². The SMILES string of the molecule is CC(CCc1ccc2c(c1)C(=O)NCCC2)CC(=O)O. The number of hydrogen-bond acceptors (Lipinski definition) is 2. The van der Waals surface area contributed by atoms with Crippen LogP contribution >= 0.6 is 0 Å². The van der Waals surface area contributed by atoms with Gasteiger partial charge in [0.25, 0.3) is 5.91 Å². The number of carbonyl (C=O) groups excluding carboxylic acids is 1. The molecule has 2 N–H and O–H groups in total. The van der Waals surface area contributed by atoms with Gasteiger partial charge in [-0.05, 0) is 48.8 Å². The van der Waals surface area contributed by atoms with Crippen LogP contribution in [0, 0.1) is 5.92 Å². The molecule has 4 heteroatoms. The first-order valence-corrected chi connectivity index (χ1v) is 7.18. The summed E-state index contributed by atoms with van der Waals surface area (Å²) in [5.41, 5.74) is 3.01. The summed E-state index contributed by atoms with van der Waals surface area (Å²) >= 11 is 0. The molecule has 1 heterocycles. The second kappa shape index (κ2) is 6.55. The Balaban J connectivity index is 2.03. The lowest BCUT2D eigenvalue weighted by atomic mass is 9.95. The maximum absolute atomic E-state index is 12.0. The van der Waals surface area contributed by atoms with E-state index in [1.165, 1.54) is 0 Å². The summed E-state index contributed by atoms with van der Waals surface area (Å²) in [5, 5.41) is 11.7. The van der Waals surface area contributed by atoms with E-state index >= 15 is 0 Å². The van der Waals surface area contributed by atoms with Crippen LogP contribution < -0.4 is 5.32 Å². The highest BCUT2D eigenvalue weighted by Gasteiger charge is 2.15. The molecule has 1 unspecified atom stereocenters. The van der Waals surface area contributed by atoms with E-state index in [0.29, 0.717) is 0 Å². The van der Waals surface area contributed by atoms with Gasteiger partial charge < -0.3 is 10.4 Å². The zero-order valence-electron chi connectivity index (χ0n) is 11.8. The molecule has 0 saturated carbocycles. The summed E-state index contributed by atoms with van der Waals surface area (Å²) in [5.74, 6) is -0.586. The summed E-state index contributed by atoms with van der Waals surface area (Å²) in [7, 11) is 0. The van der Waals surface area contributed by atoms with Gasteiger partial charge in [-0.2, -0.15) is 0 Å². The van der Waals surface area contributed by atoms with Crippen molar-refractivity contribution in [3.8, 4) is 0 Å². The number of carbonyl (C=O) groups is 2. The van der Waals surface area contributed by atoms with Gasteiger partial charge >= 0.3 is 5.97 Å². The Morgan fingerprint density at radius 1 is 1.45 bits per heavy atom. The van der Waals surface area contributed by atoms with Crippen LogP contribution in [-0.4, -0.2) is 23.5 Å². The quantitative estimate of drug-likeness (QED) is 0.867. The van der Waals surface area contributed by atoms with Crippen molar-refractivity contribution in [2.24, 2.45) is 5.92 Å². The lowest BCUT2D eigenvalue weighted by Gasteiger charge is -2.11. The predicted octanol–water partition coefficient (Wildman–Crippen LogP) is 2.41. The summed E-state index contributed by atoms with van der Waals surface area (Å²) in [6.07, 6.45) is 3.75. The van der Waals surface area contributed by atoms with Crippen molar-refractivity contribution < 1.29 is 14.7 Å². The van der Waals surface area contributed by atoms with Crippen molar-refractivity contribution in [2.75, 3.05) is 6.54 Å². The normalized spacial score (nSPS) is 15.9. The van der Waals surface area contributed by atoms with E-state index < -0.39 is 5.97 Å². The highest BCUT2D eigenvalue weighted by molar-refractivity contribution is 5.96. The Morgan fingerprint density at radius 3 is 3.00 bits per heavy atom. The second-order valence-corrected chi connectivity index (χ2v) is 5.59. The van der Waals surface area contributed by atoms with Gasteiger partial charge in [-0.15, -0.1) is 0 Å². The van der Waals surface area contributed by atoms with E-state index in [4.69, 9.17) is 5.11 Å². The van der Waals surface area contributed by atoms with Crippen LogP contribution in [0.25, 0.3) is 0 Å². The standard InChI is InChI=1S/C16H21NO3/c1-11(9-15(18)19)4-5-12-6-7-13-3-2-8-17-16(20)14(13)10-12/h6-7,10-11H,2-5,8-9H2,1H3,(H,17,20)(H,18,19). The third kappa shape index (κ3) is 3.83. The number of benzene rings is 1. The van der Waals surface area contributed by atoms with Crippen LogP contribution in [-0.2, 0) is 17.6 Å². The molecule has 1 atom stereocenters. The molecule has 0 bridgehead atoms. The third-order valence-electron chi connectivity index (χ3n) is 3.78. The number of amides is 1. The maximum Gasteiger partial charge on any atom is 0.303 e. The van der Waals surface area contributed by atoms with Crippen molar-refractivity contribution >= 4 is 11.9 Å². The number of fused-ring (bicyclic) bond motifs is 1. The average molecular weight is 275 g/mol. The van der Waals surface area contributed by atoms with Crippen LogP contribution in [0.15, 0.2) is 18.2 Å². The Labute approximate surface area is 119 Å². The Bertz CT molecular complexity index is 510. The molecule has 108 valence electrons. The molecule has 0 saturated heterocycles. The van der Waals surface area contributed by atoms with E-state index in [1.807, 2.05) is 19.1 Å². The fourth-order valence-corrected chi connectivity index (χ4v) is 2.60. The number of rotatable bonds is 5. The molecule has 4 nitrogen and oxygen atoms in total. The Hall–Kier alpha value is -1.84. The van der Waals surface area contributed by atoms with Gasteiger partial charge in [-0.3, -0.25) is 9.59 Å². The first kappa shape index (κ1) is 14.6. The van der Waals surface area contributed by atoms with Gasteiger partial charge in [0.2, 0.25) is 0 Å². The molecule has 1 aliphatic rings. The number of aliphatic carboxylic acids is 1. The Morgan fingerprint density at radius 2 is 2.25 bits per heavy atom. The van der Waals surface area contributed by atoms with Crippen molar-refractivity contribution in [3.05, 3.63) is 34.9 Å². The van der Waals surface area contributed by atoms with Gasteiger partial charge in [-0.25, -0.2) is 0 Å². The minimum absolute atomic E-state index is 0.0120. The molecule has 0 aliphatic carbocycles. The van der Waals surface area contributed by atoms with Gasteiger partial charge in [0, 0.05) is 18.5 Å². The topological polar surface area (TPSA) is 66.4 Å². The van der Waals surface area contributed by atoms with E-state index in [0.717, 1.165) is 48.9 Å². The first-order valence-electron chi connectivity index (χ1n) is 7.18. The van der Waals surface area contributed by atoms with Crippen LogP contribution in [0.1, 0.15) is 47.7 Å². The molecular weight excluding hydrogens is 254 g/mol. The molecule has 20 heavy (non-hydrogen) atoms. The molecule has 1 aromatic rings. The number of aryl methyl sites for hydroxylation is 2. The lowest BCUT2D eigenvalue weighted by molar-refractivity contribution is -0.138. The predicted molar refractivity (Wildman–Crippen MR) is 76.8 cm³/mol. The van der Waals surface area contributed by atoms with Crippen molar-refractivity contribution in [2.45, 2.75) is 39.0 Å². The first-order chi connectivity index (χ1) is 9.56. The zero-order valence-corrected chi connectivity index (χ0v) is 11.8. The van der Waals surface area contributed by atoms with Crippen LogP contribution in [0.4, 0.5) is 0 Å². The highest BCUT2D eigenvalue weighted by Crippen LogP contribution is 2.19. The molecule has 0 aromatic heterocycles. The monoisotopic (exact) mass is 275 g/mol. The highest BCUT2D eigenvalue weighted by atomic mass is 16.4. The van der Waals surface area contributed by atoms with Crippen molar-refractivity contribution in [3.63, 3.8) is 0 Å². The molecule has 0 spiro atoms. The van der Waals surface area contributed by atoms with E-state index in [1.54, 1.807) is 0 Å². The van der Waals surface area contributed by atoms with E-state index in [9.17, 15) is 9.59 Å². The minimum atomic E-state index is -0.751. The summed E-state index contributed by atoms with van der Waals surface area (Å²) in [6.45, 7) is 2.68. The Kier molecular flexibility index (Phi) is 4.77. The summed E-state index contributed by atoms with van der Waals surface area (Å²) < 4.78 is 0. The zero-order chi connectivity index (χ0) is 14.5. The minimum Gasteiger partial charge on any atom is -0.481 e. The molecule has 2 rings (SSSR count). The number of carboxylic acid groups (broad SMARTS) is 1. The smallest absolute Gasteiger partial charge is 0.303 e. The fraction of sp³-hybridized carbons (Fsp3) is 0.500. The van der Waals surface area contributed by atoms with Gasteiger partial charge in [0.15, 0.2) is 0 Å². The molecule has 0 fully saturated rings. The summed E-state index contributed by atoms with van der Waals surface area (Å²) in [6, 6.07) is 6.06. The van der Waals surface area contributed by atoms with E-state index in [-0.39, 0.29) is 18.2 Å². The van der Waals surface area contributed by atoms with Gasteiger partial charge in [-0.1, -0.05) is 19.1 Å². The van der Waals surface area contributed by atoms with Crippen LogP contribution in [0.3, 0.4) is 0 Å². The van der Waals surface area contributed by atoms with Crippen LogP contribution in [0.5, 0.6) is 0 Å². The average Bonchev–Trinajstić information content (AvgIpc) is 2.58. The second-order valence-electron chi connectivity index (χ2n) is 5.59. The third-order valence-corrected chi connectivity index (χ3v) is 3.78. The molecule has 1 amide bonds. The van der Waals surface area contributed by atoms with Crippen molar-refractivity contribution in [1.29, 1.82) is 0 Å². The largest absolute Gasteiger partial charge is 0.481 e. The van der Waals surface area contributed by atoms with E-state index in [2.05, 4.69) is 11.4 Å². The molecule has 0 radical (unpaired) electrons. The van der Waals surface area contributed by atoms with Crippen molar-refractivity contribution in [1.82, 2.24) is 5.32 Å². The number of hydrogen-bond donors (Lipinski definition) is 2. The molecular formula is C16H21NO3. The molecule has 1 aliphatic heterocycles. The lowest BCUT2D eigenvalue weighted by Crippen LogP contribution is -2.22. The van der Waals surface area contributed by atoms with Crippen LogP contribution in [0.2, 0.25) is 0 Å². The maximum atomic E-state index is 12.0. The molecule has 1 aromatic carbocycles. The number of carboxylic acids is 1.